The van der Waals surface area contributed by atoms with E-state index in [1.165, 1.54) is 6.07 Å². The van der Waals surface area contributed by atoms with Gasteiger partial charge in [-0.3, -0.25) is 0 Å². The molecule has 0 unspecified atom stereocenters. The van der Waals surface area contributed by atoms with Gasteiger partial charge in [-0.05, 0) is 12.1 Å². The van der Waals surface area contributed by atoms with E-state index in [-0.39, 0.29) is 5.02 Å². The first-order valence-corrected chi connectivity index (χ1v) is 7.47. The fourth-order valence-corrected chi connectivity index (χ4v) is 2.55. The van der Waals surface area contributed by atoms with Crippen molar-refractivity contribution in [2.24, 2.45) is 0 Å². The van der Waals surface area contributed by atoms with Gasteiger partial charge in [0.1, 0.15) is 17.1 Å². The van der Waals surface area contributed by atoms with E-state index < -0.39 is 63.3 Å². The summed E-state index contributed by atoms with van der Waals surface area (Å²) in [5.74, 6) is -16.5. The average Bonchev–Trinajstić information content (AvgIpc) is 2.53. The number of anilines is 2. The largest absolute Gasteiger partial charge is 0.507 e. The number of hydrogen-bond donors (Lipinski definition) is 10. The van der Waals surface area contributed by atoms with Gasteiger partial charge in [0.2, 0.25) is 0 Å². The van der Waals surface area contributed by atoms with Gasteiger partial charge in [-0.2, -0.15) is 0 Å². The summed E-state index contributed by atoms with van der Waals surface area (Å²) >= 11 is 5.77. The second-order valence-corrected chi connectivity index (χ2v) is 5.91. The molecular formula is C15H13ClFNO10. The highest BCUT2D eigenvalue weighted by Crippen LogP contribution is 2.52. The van der Waals surface area contributed by atoms with Gasteiger partial charge in [-0.1, -0.05) is 17.7 Å². The summed E-state index contributed by atoms with van der Waals surface area (Å²) in [5.41, 5.74) is -5.08. The Morgan fingerprint density at radius 2 is 1.50 bits per heavy atom. The van der Waals surface area contributed by atoms with Gasteiger partial charge >= 0.3 is 11.9 Å². The van der Waals surface area contributed by atoms with E-state index in [4.69, 9.17) is 16.7 Å². The maximum absolute atomic E-state index is 14.0. The van der Waals surface area contributed by atoms with Crippen LogP contribution >= 0.6 is 11.6 Å². The van der Waals surface area contributed by atoms with Crippen molar-refractivity contribution in [3.8, 4) is 17.2 Å². The molecule has 0 aliphatic heterocycles. The number of benzene rings is 2. The third-order valence-electron chi connectivity index (χ3n) is 3.62. The highest BCUT2D eigenvalue weighted by atomic mass is 35.5. The van der Waals surface area contributed by atoms with E-state index in [1.54, 1.807) is 0 Å². The van der Waals surface area contributed by atoms with Gasteiger partial charge in [-0.15, -0.1) is 0 Å². The summed E-state index contributed by atoms with van der Waals surface area (Å²) in [6.45, 7) is 0. The van der Waals surface area contributed by atoms with Crippen LogP contribution in [0.1, 0.15) is 11.1 Å². The summed E-state index contributed by atoms with van der Waals surface area (Å²) < 4.78 is 14.0. The molecule has 0 radical (unpaired) electrons. The van der Waals surface area contributed by atoms with Crippen molar-refractivity contribution < 1.29 is 55.1 Å². The zero-order chi connectivity index (χ0) is 21.6. The molecule has 0 aliphatic carbocycles. The minimum absolute atomic E-state index is 0.342. The standard InChI is InChI=1S/C15H13ClFNO10/c16-4-2-1-3-5(17)8(4)18-9-6(14(24,25)13(22)23)10(19)7(15(26,27)28)11(20)12(9)21/h1-3,18-21,24-28H,(H,22,23). The van der Waals surface area contributed by atoms with Crippen molar-refractivity contribution in [3.63, 3.8) is 0 Å². The molecular weight excluding hydrogens is 409 g/mol. The number of carboxylic acids is 1. The number of aliphatic carboxylic acids is 1. The molecule has 0 amide bonds. The number of rotatable bonds is 5. The molecule has 0 atom stereocenters. The van der Waals surface area contributed by atoms with Gasteiger partial charge < -0.3 is 51.3 Å². The topological polar surface area (TPSA) is 211 Å². The highest BCUT2D eigenvalue weighted by Gasteiger charge is 2.46. The lowest BCUT2D eigenvalue weighted by Crippen LogP contribution is -2.37. The van der Waals surface area contributed by atoms with Crippen molar-refractivity contribution in [1.29, 1.82) is 0 Å². The predicted molar refractivity (Wildman–Crippen MR) is 88.2 cm³/mol. The zero-order valence-corrected chi connectivity index (χ0v) is 14.2. The molecule has 13 heteroatoms. The molecule has 10 N–H and O–H groups in total. The minimum Gasteiger partial charge on any atom is -0.507 e. The van der Waals surface area contributed by atoms with Gasteiger partial charge in [0.25, 0.3) is 5.79 Å². The molecule has 0 bridgehead atoms. The smallest absolute Gasteiger partial charge is 0.369 e. The number of nitrogens with one attached hydrogen (secondary N) is 1. The second-order valence-electron chi connectivity index (χ2n) is 5.51. The fourth-order valence-electron chi connectivity index (χ4n) is 2.34. The Balaban J connectivity index is 2.94. The van der Waals surface area contributed by atoms with Crippen LogP contribution in [0.5, 0.6) is 17.2 Å². The van der Waals surface area contributed by atoms with Gasteiger partial charge in [-0.25, -0.2) is 9.18 Å². The Labute approximate surface area is 159 Å². The van der Waals surface area contributed by atoms with Gasteiger partial charge in [0.05, 0.1) is 22.0 Å². The van der Waals surface area contributed by atoms with Crippen molar-refractivity contribution in [2.45, 2.75) is 11.8 Å². The van der Waals surface area contributed by atoms with E-state index in [2.05, 4.69) is 0 Å². The number of phenolic OH excluding ortho intramolecular Hbond substituents is 3. The van der Waals surface area contributed by atoms with E-state index in [9.17, 15) is 50.0 Å². The van der Waals surface area contributed by atoms with Crippen LogP contribution in [0.3, 0.4) is 0 Å². The number of carbonyl (C=O) groups is 1. The lowest BCUT2D eigenvalue weighted by molar-refractivity contribution is -0.325. The van der Waals surface area contributed by atoms with Crippen LogP contribution < -0.4 is 5.32 Å². The zero-order valence-electron chi connectivity index (χ0n) is 13.4. The molecule has 28 heavy (non-hydrogen) atoms. The van der Waals surface area contributed by atoms with E-state index in [0.29, 0.717) is 0 Å². The summed E-state index contributed by atoms with van der Waals surface area (Å²) in [6.07, 6.45) is 0. The van der Waals surface area contributed by atoms with Crippen molar-refractivity contribution in [1.82, 2.24) is 0 Å². The Morgan fingerprint density at radius 1 is 0.929 bits per heavy atom. The quantitative estimate of drug-likeness (QED) is 0.171. The molecule has 0 aromatic heterocycles. The summed E-state index contributed by atoms with van der Waals surface area (Å²) in [7, 11) is 0. The Bertz CT molecular complexity index is 937. The van der Waals surface area contributed by atoms with Crippen LogP contribution in [0.25, 0.3) is 0 Å². The molecule has 0 saturated heterocycles. The average molecular weight is 422 g/mol. The Hall–Kier alpha value is -2.87. The van der Waals surface area contributed by atoms with Crippen molar-refractivity contribution in [2.75, 3.05) is 5.32 Å². The first-order chi connectivity index (χ1) is 12.7. The molecule has 2 aromatic carbocycles. The maximum Gasteiger partial charge on any atom is 0.369 e. The number of aromatic hydroxyl groups is 3. The molecule has 0 fully saturated rings. The number of hydrogen-bond acceptors (Lipinski definition) is 10. The molecule has 0 saturated carbocycles. The van der Waals surface area contributed by atoms with Gasteiger partial charge in [0, 0.05) is 0 Å². The van der Waals surface area contributed by atoms with Crippen LogP contribution in [-0.4, -0.2) is 51.9 Å². The van der Waals surface area contributed by atoms with Crippen LogP contribution in [0.2, 0.25) is 5.02 Å². The van der Waals surface area contributed by atoms with E-state index in [0.717, 1.165) is 12.1 Å². The Morgan fingerprint density at radius 3 is 1.96 bits per heavy atom. The first kappa shape index (κ1) is 21.4. The van der Waals surface area contributed by atoms with E-state index in [1.807, 2.05) is 5.32 Å². The molecule has 2 rings (SSSR count). The summed E-state index contributed by atoms with van der Waals surface area (Å²) in [6, 6.07) is 3.21. The first-order valence-electron chi connectivity index (χ1n) is 7.09. The van der Waals surface area contributed by atoms with Crippen LogP contribution in [-0.2, 0) is 16.6 Å². The predicted octanol–water partition coefficient (Wildman–Crippen LogP) is -0.351. The molecule has 152 valence electrons. The molecule has 0 aliphatic rings. The van der Waals surface area contributed by atoms with Crippen LogP contribution in [0, 0.1) is 5.82 Å². The Kier molecular flexibility index (Phi) is 5.31. The van der Waals surface area contributed by atoms with Crippen molar-refractivity contribution >= 4 is 28.9 Å². The van der Waals surface area contributed by atoms with Gasteiger partial charge in [0.15, 0.2) is 11.5 Å². The fraction of sp³-hybridized carbons (Fsp3) is 0.133. The molecule has 2 aromatic rings. The monoisotopic (exact) mass is 421 g/mol. The highest BCUT2D eigenvalue weighted by molar-refractivity contribution is 6.33. The SMILES string of the molecule is O=C(O)C(O)(O)c1c(O)c(C(O)(O)O)c(O)c(O)c1Nc1c(F)cccc1Cl. The van der Waals surface area contributed by atoms with E-state index >= 15 is 0 Å². The number of para-hydroxylation sites is 1. The molecule has 0 spiro atoms. The second kappa shape index (κ2) is 6.94. The lowest BCUT2D eigenvalue weighted by Gasteiger charge is -2.27. The third-order valence-corrected chi connectivity index (χ3v) is 3.93. The summed E-state index contributed by atoms with van der Waals surface area (Å²) in [4.78, 5) is 11.2. The normalized spacial score (nSPS) is 12.1. The molecule has 0 heterocycles. The molecule has 11 nitrogen and oxygen atoms in total. The van der Waals surface area contributed by atoms with Crippen LogP contribution in [0.4, 0.5) is 15.8 Å². The van der Waals surface area contributed by atoms with Crippen LogP contribution in [0.15, 0.2) is 18.2 Å². The number of aliphatic hydroxyl groups is 5. The number of halogens is 2. The minimum atomic E-state index is -4.05. The number of phenols is 3. The maximum atomic E-state index is 14.0. The summed E-state index contributed by atoms with van der Waals surface area (Å²) in [5, 5.41) is 88.1. The lowest BCUT2D eigenvalue weighted by atomic mass is 9.95. The van der Waals surface area contributed by atoms with Crippen molar-refractivity contribution in [3.05, 3.63) is 40.2 Å². The third kappa shape index (κ3) is 3.47. The number of carboxylic acid groups (broad SMARTS) is 1.